The predicted octanol–water partition coefficient (Wildman–Crippen LogP) is 2.70. The molecule has 2 aliphatic rings. The minimum absolute atomic E-state index is 0.481. The standard InChI is InChI=1S/C21H37N5O2/c1-4-18(5-2)20-13-19(28-24-20)14-23-21(22-6-3)26-8-7-17(16-26)15-25-9-11-27-12-10-25/h13,17-18H,4-12,14-16H2,1-3H3,(H,22,23). The first-order chi connectivity index (χ1) is 13.7. The van der Waals surface area contributed by atoms with Crippen molar-refractivity contribution in [2.24, 2.45) is 10.9 Å². The van der Waals surface area contributed by atoms with Crippen LogP contribution in [0.3, 0.4) is 0 Å². The second kappa shape index (κ2) is 10.8. The molecule has 1 aromatic heterocycles. The molecule has 0 aromatic carbocycles. The zero-order valence-corrected chi connectivity index (χ0v) is 17.8. The number of morpholine rings is 1. The molecule has 0 amide bonds. The maximum atomic E-state index is 5.54. The van der Waals surface area contributed by atoms with Crippen LogP contribution in [0.1, 0.15) is 57.4 Å². The molecule has 0 saturated carbocycles. The molecule has 2 fully saturated rings. The van der Waals surface area contributed by atoms with Crippen LogP contribution in [-0.4, -0.2) is 73.4 Å². The van der Waals surface area contributed by atoms with Crippen LogP contribution in [0.25, 0.3) is 0 Å². The highest BCUT2D eigenvalue weighted by Crippen LogP contribution is 2.23. The van der Waals surface area contributed by atoms with Crippen molar-refractivity contribution < 1.29 is 9.26 Å². The van der Waals surface area contributed by atoms with Gasteiger partial charge in [-0.3, -0.25) is 4.90 Å². The number of guanidine groups is 1. The topological polar surface area (TPSA) is 66.1 Å². The Morgan fingerprint density at radius 1 is 1.25 bits per heavy atom. The molecular formula is C21H37N5O2. The lowest BCUT2D eigenvalue weighted by atomic mass is 9.99. The van der Waals surface area contributed by atoms with E-state index < -0.39 is 0 Å². The Labute approximate surface area is 169 Å². The molecule has 1 unspecified atom stereocenters. The van der Waals surface area contributed by atoms with Crippen molar-refractivity contribution in [3.63, 3.8) is 0 Å². The van der Waals surface area contributed by atoms with E-state index >= 15 is 0 Å². The van der Waals surface area contributed by atoms with E-state index in [1.54, 1.807) is 0 Å². The quantitative estimate of drug-likeness (QED) is 0.543. The Hall–Kier alpha value is -1.60. The summed E-state index contributed by atoms with van der Waals surface area (Å²) in [6, 6.07) is 2.08. The Kier molecular flexibility index (Phi) is 8.15. The monoisotopic (exact) mass is 391 g/mol. The molecule has 2 saturated heterocycles. The van der Waals surface area contributed by atoms with E-state index in [4.69, 9.17) is 14.3 Å². The second-order valence-electron chi connectivity index (χ2n) is 7.92. The van der Waals surface area contributed by atoms with Gasteiger partial charge in [-0.15, -0.1) is 0 Å². The number of nitrogens with zero attached hydrogens (tertiary/aromatic N) is 4. The molecule has 0 aliphatic carbocycles. The van der Waals surface area contributed by atoms with Crippen molar-refractivity contribution >= 4 is 5.96 Å². The van der Waals surface area contributed by atoms with Crippen LogP contribution in [0.5, 0.6) is 0 Å². The third kappa shape index (κ3) is 5.70. The van der Waals surface area contributed by atoms with Crippen molar-refractivity contribution in [2.75, 3.05) is 52.5 Å². The molecule has 0 radical (unpaired) electrons. The molecule has 1 aromatic rings. The molecule has 2 aliphatic heterocycles. The highest BCUT2D eigenvalue weighted by atomic mass is 16.5. The number of aromatic nitrogens is 1. The number of hydrogen-bond donors (Lipinski definition) is 1. The van der Waals surface area contributed by atoms with Crippen molar-refractivity contribution in [1.29, 1.82) is 0 Å². The Bertz CT molecular complexity index is 608. The van der Waals surface area contributed by atoms with E-state index in [9.17, 15) is 0 Å². The normalized spacial score (nSPS) is 21.6. The predicted molar refractivity (Wildman–Crippen MR) is 112 cm³/mol. The largest absolute Gasteiger partial charge is 0.379 e. The van der Waals surface area contributed by atoms with E-state index in [0.29, 0.717) is 18.4 Å². The SMILES string of the molecule is CCNC(=NCc1cc(C(CC)CC)no1)N1CCC(CN2CCOCC2)C1. The summed E-state index contributed by atoms with van der Waals surface area (Å²) in [5.74, 6) is 3.02. The van der Waals surface area contributed by atoms with Gasteiger partial charge in [0, 0.05) is 51.3 Å². The van der Waals surface area contributed by atoms with Crippen LogP contribution in [0.2, 0.25) is 0 Å². The first kappa shape index (κ1) is 21.1. The summed E-state index contributed by atoms with van der Waals surface area (Å²) in [6.07, 6.45) is 3.41. The molecule has 0 spiro atoms. The summed E-state index contributed by atoms with van der Waals surface area (Å²) in [5.41, 5.74) is 1.06. The number of hydrogen-bond acceptors (Lipinski definition) is 5. The minimum atomic E-state index is 0.481. The van der Waals surface area contributed by atoms with Gasteiger partial charge in [-0.05, 0) is 32.1 Å². The smallest absolute Gasteiger partial charge is 0.194 e. The van der Waals surface area contributed by atoms with Crippen LogP contribution >= 0.6 is 0 Å². The van der Waals surface area contributed by atoms with Crippen LogP contribution in [0.4, 0.5) is 0 Å². The van der Waals surface area contributed by atoms with E-state index in [-0.39, 0.29) is 0 Å². The third-order valence-electron chi connectivity index (χ3n) is 5.91. The summed E-state index contributed by atoms with van der Waals surface area (Å²) in [6.45, 7) is 15.1. The number of nitrogens with one attached hydrogen (secondary N) is 1. The number of ether oxygens (including phenoxy) is 1. The van der Waals surface area contributed by atoms with Crippen LogP contribution < -0.4 is 5.32 Å². The molecule has 1 atom stereocenters. The van der Waals surface area contributed by atoms with Crippen LogP contribution in [-0.2, 0) is 11.3 Å². The first-order valence-electron chi connectivity index (χ1n) is 11.0. The number of likely N-dealkylation sites (tertiary alicyclic amines) is 1. The molecule has 3 heterocycles. The highest BCUT2D eigenvalue weighted by Gasteiger charge is 2.27. The van der Waals surface area contributed by atoms with Crippen molar-refractivity contribution in [3.8, 4) is 0 Å². The van der Waals surface area contributed by atoms with Gasteiger partial charge in [0.15, 0.2) is 11.7 Å². The van der Waals surface area contributed by atoms with E-state index in [0.717, 1.165) is 76.2 Å². The van der Waals surface area contributed by atoms with Crippen molar-refractivity contribution in [2.45, 2.75) is 52.5 Å². The zero-order valence-electron chi connectivity index (χ0n) is 17.8. The fraction of sp³-hybridized carbons (Fsp3) is 0.810. The lowest BCUT2D eigenvalue weighted by molar-refractivity contribution is 0.0315. The van der Waals surface area contributed by atoms with Gasteiger partial charge in [-0.25, -0.2) is 4.99 Å². The summed E-state index contributed by atoms with van der Waals surface area (Å²) < 4.78 is 11.0. The molecule has 158 valence electrons. The highest BCUT2D eigenvalue weighted by molar-refractivity contribution is 5.80. The zero-order chi connectivity index (χ0) is 19.8. The summed E-state index contributed by atoms with van der Waals surface area (Å²) in [7, 11) is 0. The minimum Gasteiger partial charge on any atom is -0.379 e. The molecule has 0 bridgehead atoms. The maximum Gasteiger partial charge on any atom is 0.194 e. The van der Waals surface area contributed by atoms with Gasteiger partial charge in [0.2, 0.25) is 0 Å². The van der Waals surface area contributed by atoms with Crippen molar-refractivity contribution in [3.05, 3.63) is 17.5 Å². The number of aliphatic imine (C=N–C) groups is 1. The lowest BCUT2D eigenvalue weighted by Crippen LogP contribution is -2.42. The van der Waals surface area contributed by atoms with Crippen molar-refractivity contribution in [1.82, 2.24) is 20.3 Å². The van der Waals surface area contributed by atoms with Gasteiger partial charge >= 0.3 is 0 Å². The average molecular weight is 392 g/mol. The second-order valence-corrected chi connectivity index (χ2v) is 7.92. The fourth-order valence-corrected chi connectivity index (χ4v) is 4.20. The van der Waals surface area contributed by atoms with Crippen LogP contribution in [0.15, 0.2) is 15.6 Å². The lowest BCUT2D eigenvalue weighted by Gasteiger charge is -2.29. The van der Waals surface area contributed by atoms with Gasteiger partial charge in [-0.2, -0.15) is 0 Å². The number of rotatable bonds is 8. The van der Waals surface area contributed by atoms with Gasteiger partial charge in [0.05, 0.1) is 18.9 Å². The Balaban J connectivity index is 1.55. The van der Waals surface area contributed by atoms with E-state index in [1.165, 1.54) is 13.0 Å². The Morgan fingerprint density at radius 3 is 2.75 bits per heavy atom. The van der Waals surface area contributed by atoms with Gasteiger partial charge < -0.3 is 19.5 Å². The summed E-state index contributed by atoms with van der Waals surface area (Å²) >= 11 is 0. The molecule has 1 N–H and O–H groups in total. The maximum absolute atomic E-state index is 5.54. The molecule has 28 heavy (non-hydrogen) atoms. The third-order valence-corrected chi connectivity index (χ3v) is 5.91. The molecule has 7 nitrogen and oxygen atoms in total. The Morgan fingerprint density at radius 2 is 2.04 bits per heavy atom. The van der Waals surface area contributed by atoms with Gasteiger partial charge in [0.25, 0.3) is 0 Å². The van der Waals surface area contributed by atoms with Gasteiger partial charge in [-0.1, -0.05) is 19.0 Å². The summed E-state index contributed by atoms with van der Waals surface area (Å²) in [4.78, 5) is 9.77. The van der Waals surface area contributed by atoms with E-state index in [2.05, 4.69) is 47.1 Å². The van der Waals surface area contributed by atoms with Crippen LogP contribution in [0, 0.1) is 5.92 Å². The fourth-order valence-electron chi connectivity index (χ4n) is 4.20. The van der Waals surface area contributed by atoms with Gasteiger partial charge in [0.1, 0.15) is 6.54 Å². The molecular weight excluding hydrogens is 354 g/mol. The summed E-state index contributed by atoms with van der Waals surface area (Å²) in [5, 5.41) is 7.71. The average Bonchev–Trinajstić information content (AvgIpc) is 3.37. The molecule has 3 rings (SSSR count). The first-order valence-corrected chi connectivity index (χ1v) is 11.0. The molecule has 7 heteroatoms. The van der Waals surface area contributed by atoms with E-state index in [1.807, 2.05) is 0 Å².